The summed E-state index contributed by atoms with van der Waals surface area (Å²) in [5.74, 6) is 0. The second-order valence-corrected chi connectivity index (χ2v) is 6.09. The van der Waals surface area contributed by atoms with Gasteiger partial charge in [0.05, 0.1) is 19.8 Å². The third kappa shape index (κ3) is 5.25. The molecule has 2 heterocycles. The van der Waals surface area contributed by atoms with Crippen molar-refractivity contribution < 1.29 is 49.2 Å². The Morgan fingerprint density at radius 2 is 1.81 bits per heavy atom. The first-order valence-electron chi connectivity index (χ1n) is 8.35. The molecule has 27 heavy (non-hydrogen) atoms. The normalized spacial score (nSPS) is 42.5. The quantitative estimate of drug-likeness (QED) is 0.124. The van der Waals surface area contributed by atoms with Crippen LogP contribution in [0.3, 0.4) is 0 Å². The van der Waals surface area contributed by atoms with Crippen molar-refractivity contribution >= 4 is 0 Å². The Balaban J connectivity index is 2.06. The minimum atomic E-state index is -1.50. The molecular formula is C14H25N3O10. The predicted molar refractivity (Wildman–Crippen MR) is 85.1 cm³/mol. The monoisotopic (exact) mass is 395 g/mol. The molecule has 0 aromatic heterocycles. The summed E-state index contributed by atoms with van der Waals surface area (Å²) in [6.45, 7) is -0.866. The van der Waals surface area contributed by atoms with E-state index in [0.717, 1.165) is 0 Å². The first-order chi connectivity index (χ1) is 12.9. The zero-order chi connectivity index (χ0) is 20.0. The highest BCUT2D eigenvalue weighted by molar-refractivity contribution is 4.92. The van der Waals surface area contributed by atoms with E-state index in [1.54, 1.807) is 0 Å². The van der Waals surface area contributed by atoms with Crippen LogP contribution in [0.5, 0.6) is 0 Å². The number of aliphatic hydroxyl groups is 5. The van der Waals surface area contributed by atoms with Gasteiger partial charge in [0.25, 0.3) is 0 Å². The first-order valence-corrected chi connectivity index (χ1v) is 8.35. The molecule has 2 aliphatic rings. The number of methoxy groups -OCH3 is 1. The average molecular weight is 395 g/mol. The van der Waals surface area contributed by atoms with Crippen molar-refractivity contribution in [3.05, 3.63) is 10.4 Å². The summed E-state index contributed by atoms with van der Waals surface area (Å²) in [6.07, 6.45) is -11.5. The van der Waals surface area contributed by atoms with Gasteiger partial charge in [0, 0.05) is 18.6 Å². The topological polar surface area (TPSA) is 196 Å². The fourth-order valence-electron chi connectivity index (χ4n) is 2.95. The van der Waals surface area contributed by atoms with Crippen molar-refractivity contribution in [2.45, 2.75) is 55.3 Å². The largest absolute Gasteiger partial charge is 0.394 e. The summed E-state index contributed by atoms with van der Waals surface area (Å²) in [5, 5.41) is 53.4. The molecule has 0 amide bonds. The number of aliphatic hydroxyl groups excluding tert-OH is 5. The molecule has 13 heteroatoms. The van der Waals surface area contributed by atoms with E-state index in [-0.39, 0.29) is 19.8 Å². The van der Waals surface area contributed by atoms with E-state index in [1.165, 1.54) is 7.11 Å². The van der Waals surface area contributed by atoms with E-state index in [9.17, 15) is 25.5 Å². The first kappa shape index (κ1) is 22.2. The molecule has 5 N–H and O–H groups in total. The van der Waals surface area contributed by atoms with Gasteiger partial charge >= 0.3 is 0 Å². The maximum Gasteiger partial charge on any atom is 0.186 e. The number of rotatable bonds is 8. The van der Waals surface area contributed by atoms with Gasteiger partial charge in [-0.1, -0.05) is 5.11 Å². The summed E-state index contributed by atoms with van der Waals surface area (Å²) < 4.78 is 26.3. The van der Waals surface area contributed by atoms with E-state index in [2.05, 4.69) is 10.0 Å². The summed E-state index contributed by atoms with van der Waals surface area (Å²) in [6, 6.07) is 0. The molecule has 2 rings (SSSR count). The number of ether oxygens (including phenoxy) is 5. The van der Waals surface area contributed by atoms with Crippen LogP contribution in [0.1, 0.15) is 0 Å². The van der Waals surface area contributed by atoms with E-state index >= 15 is 0 Å². The van der Waals surface area contributed by atoms with Crippen molar-refractivity contribution in [2.24, 2.45) is 5.11 Å². The second-order valence-electron chi connectivity index (χ2n) is 6.09. The van der Waals surface area contributed by atoms with Gasteiger partial charge < -0.3 is 49.2 Å². The minimum Gasteiger partial charge on any atom is -0.394 e. The van der Waals surface area contributed by atoms with Gasteiger partial charge in [0.1, 0.15) is 42.7 Å². The van der Waals surface area contributed by atoms with Gasteiger partial charge in [-0.2, -0.15) is 0 Å². The van der Waals surface area contributed by atoms with Crippen LogP contribution in [0, 0.1) is 0 Å². The molecule has 2 fully saturated rings. The van der Waals surface area contributed by atoms with E-state index in [1.807, 2.05) is 0 Å². The zero-order valence-electron chi connectivity index (χ0n) is 14.6. The molecule has 2 aliphatic heterocycles. The molecule has 3 unspecified atom stereocenters. The van der Waals surface area contributed by atoms with Gasteiger partial charge in [-0.25, -0.2) is 0 Å². The van der Waals surface area contributed by atoms with Crippen molar-refractivity contribution in [3.63, 3.8) is 0 Å². The number of azide groups is 1. The van der Waals surface area contributed by atoms with Crippen LogP contribution in [0.4, 0.5) is 0 Å². The lowest BCUT2D eigenvalue weighted by atomic mass is 9.98. The molecule has 0 spiro atoms. The van der Waals surface area contributed by atoms with Crippen molar-refractivity contribution in [3.8, 4) is 0 Å². The standard InChI is InChI=1S/C14H25N3O10/c1-23-11-6(19)5-25-14(9(11)21)27-12-8(20)7(4-18)26-13(10(12)22)24-3-2-16-17-15/h6-14,18-22H,2-5H2,1H3/t6-,7?,8-,9?,10?,11+,12+,13-,14-/m1/s1. The number of hydrogen-bond donors (Lipinski definition) is 5. The lowest BCUT2D eigenvalue weighted by Gasteiger charge is -2.45. The van der Waals surface area contributed by atoms with Gasteiger partial charge in [0.15, 0.2) is 12.6 Å². The minimum absolute atomic E-state index is 0.0151. The lowest BCUT2D eigenvalue weighted by Crippen LogP contribution is -2.63. The molecule has 9 atom stereocenters. The molecule has 0 aliphatic carbocycles. The van der Waals surface area contributed by atoms with Crippen LogP contribution >= 0.6 is 0 Å². The summed E-state index contributed by atoms with van der Waals surface area (Å²) in [5.41, 5.74) is 8.25. The third-order valence-corrected chi connectivity index (χ3v) is 4.35. The summed E-state index contributed by atoms with van der Waals surface area (Å²) in [7, 11) is 1.30. The van der Waals surface area contributed by atoms with Crippen molar-refractivity contribution in [1.82, 2.24) is 0 Å². The molecule has 0 saturated carbocycles. The summed E-state index contributed by atoms with van der Waals surface area (Å²) in [4.78, 5) is 2.56. The van der Waals surface area contributed by atoms with Crippen LogP contribution in [0.25, 0.3) is 10.4 Å². The van der Waals surface area contributed by atoms with Crippen molar-refractivity contribution in [1.29, 1.82) is 0 Å². The van der Waals surface area contributed by atoms with Crippen LogP contribution in [0.15, 0.2) is 5.11 Å². The Bertz CT molecular complexity index is 508. The Morgan fingerprint density at radius 3 is 2.44 bits per heavy atom. The second kappa shape index (κ2) is 10.5. The van der Waals surface area contributed by atoms with E-state index < -0.39 is 61.9 Å². The Labute approximate surface area is 154 Å². The van der Waals surface area contributed by atoms with Crippen LogP contribution in [-0.2, 0) is 23.7 Å². The third-order valence-electron chi connectivity index (χ3n) is 4.35. The molecule has 0 radical (unpaired) electrons. The molecule has 0 aromatic rings. The maximum absolute atomic E-state index is 10.4. The Kier molecular flexibility index (Phi) is 8.60. The Morgan fingerprint density at radius 1 is 1.11 bits per heavy atom. The Hall–Kier alpha value is -1.09. The van der Waals surface area contributed by atoms with Crippen LogP contribution < -0.4 is 0 Å². The van der Waals surface area contributed by atoms with Gasteiger partial charge in [-0.15, -0.1) is 0 Å². The van der Waals surface area contributed by atoms with Gasteiger partial charge in [0.2, 0.25) is 0 Å². The van der Waals surface area contributed by atoms with Crippen LogP contribution in [-0.4, -0.2) is 114 Å². The smallest absolute Gasteiger partial charge is 0.186 e. The van der Waals surface area contributed by atoms with E-state index in [0.29, 0.717) is 0 Å². The fraction of sp³-hybridized carbons (Fsp3) is 1.00. The van der Waals surface area contributed by atoms with E-state index in [4.69, 9.17) is 29.2 Å². The molecule has 2 saturated heterocycles. The van der Waals surface area contributed by atoms with Gasteiger partial charge in [-0.05, 0) is 5.53 Å². The molecule has 0 bridgehead atoms. The summed E-state index contributed by atoms with van der Waals surface area (Å²) >= 11 is 0. The fourth-order valence-corrected chi connectivity index (χ4v) is 2.95. The SMILES string of the molecule is CO[C@@H]1C(O)[C@@H](O[C@@H]2C(O)[C@H](OCCN=[N+]=[N-])OC(CO)[C@H]2O)OC[C@H]1O. The van der Waals surface area contributed by atoms with Gasteiger partial charge in [-0.3, -0.25) is 0 Å². The van der Waals surface area contributed by atoms with Crippen LogP contribution in [0.2, 0.25) is 0 Å². The molecular weight excluding hydrogens is 370 g/mol. The highest BCUT2D eigenvalue weighted by atomic mass is 16.7. The lowest BCUT2D eigenvalue weighted by molar-refractivity contribution is -0.349. The van der Waals surface area contributed by atoms with Crippen molar-refractivity contribution in [2.75, 3.05) is 33.5 Å². The molecule has 156 valence electrons. The average Bonchev–Trinajstić information content (AvgIpc) is 2.66. The number of nitrogens with zero attached hydrogens (tertiary/aromatic N) is 3. The predicted octanol–water partition coefficient (Wildman–Crippen LogP) is -2.77. The maximum atomic E-state index is 10.4. The highest BCUT2D eigenvalue weighted by Gasteiger charge is 2.49. The molecule has 0 aromatic carbocycles. The highest BCUT2D eigenvalue weighted by Crippen LogP contribution is 2.28. The zero-order valence-corrected chi connectivity index (χ0v) is 14.6. The molecule has 13 nitrogen and oxygen atoms in total. The number of hydrogen-bond acceptors (Lipinski definition) is 11.